The molecule has 0 aromatic heterocycles. The zero-order valence-corrected chi connectivity index (χ0v) is 22.7. The molecule has 3 aromatic carbocycles. The Morgan fingerprint density at radius 2 is 1.69 bits per heavy atom. The summed E-state index contributed by atoms with van der Waals surface area (Å²) < 4.78 is 36.8. The average molecular weight is 537 g/mol. The third-order valence-electron chi connectivity index (χ3n) is 6.71. The smallest absolute Gasteiger partial charge is 0.347 e. The van der Waals surface area contributed by atoms with Gasteiger partial charge in [0, 0.05) is 18.6 Å². The molecule has 0 aliphatic carbocycles. The van der Waals surface area contributed by atoms with Crippen molar-refractivity contribution in [3.8, 4) is 28.4 Å². The monoisotopic (exact) mass is 536 g/mol. The Labute approximate surface area is 229 Å². The van der Waals surface area contributed by atoms with Gasteiger partial charge in [0.05, 0.1) is 19.8 Å². The van der Waals surface area contributed by atoms with Crippen LogP contribution in [0.3, 0.4) is 0 Å². The van der Waals surface area contributed by atoms with Crippen LogP contribution in [0.25, 0.3) is 11.1 Å². The Bertz CT molecular complexity index is 1240. The van der Waals surface area contributed by atoms with Crippen LogP contribution in [0.4, 0.5) is 4.39 Å². The molecule has 0 fully saturated rings. The Morgan fingerprint density at radius 3 is 2.41 bits per heavy atom. The van der Waals surface area contributed by atoms with E-state index in [1.54, 1.807) is 19.1 Å². The van der Waals surface area contributed by atoms with Crippen LogP contribution in [0.1, 0.15) is 49.8 Å². The maximum atomic E-state index is 13.3. The molecule has 3 aromatic rings. The quantitative estimate of drug-likeness (QED) is 0.211. The van der Waals surface area contributed by atoms with E-state index in [-0.39, 0.29) is 18.4 Å². The first-order valence-corrected chi connectivity index (χ1v) is 13.8. The zero-order chi connectivity index (χ0) is 27.6. The van der Waals surface area contributed by atoms with E-state index in [9.17, 15) is 14.3 Å². The largest absolute Gasteiger partial charge is 0.493 e. The molecule has 7 heteroatoms. The fourth-order valence-corrected chi connectivity index (χ4v) is 4.79. The van der Waals surface area contributed by atoms with Gasteiger partial charge in [0.2, 0.25) is 0 Å². The van der Waals surface area contributed by atoms with Crippen LogP contribution < -0.4 is 14.2 Å². The molecule has 0 amide bonds. The van der Waals surface area contributed by atoms with Crippen LogP contribution in [0.15, 0.2) is 54.6 Å². The van der Waals surface area contributed by atoms with Gasteiger partial charge in [-0.3, -0.25) is 0 Å². The molecule has 0 saturated carbocycles. The average Bonchev–Trinajstić information content (AvgIpc) is 2.95. The minimum atomic E-state index is -0.584. The lowest BCUT2D eigenvalue weighted by Crippen LogP contribution is -2.33. The minimum absolute atomic E-state index is 0.00394. The molecular formula is C32H37FO6. The van der Waals surface area contributed by atoms with Gasteiger partial charge in [0.25, 0.3) is 0 Å². The number of fused-ring (bicyclic) bond motifs is 1. The van der Waals surface area contributed by atoms with Crippen molar-refractivity contribution in [3.63, 3.8) is 0 Å². The van der Waals surface area contributed by atoms with E-state index in [1.165, 1.54) is 12.1 Å². The van der Waals surface area contributed by atoms with E-state index < -0.39 is 6.10 Å². The normalized spacial score (nSPS) is 14.3. The van der Waals surface area contributed by atoms with Crippen molar-refractivity contribution in [2.24, 2.45) is 0 Å². The summed E-state index contributed by atoms with van der Waals surface area (Å²) in [5, 5.41) is 9.54. The van der Waals surface area contributed by atoms with Gasteiger partial charge in [-0.25, -0.2) is 9.18 Å². The predicted octanol–water partition coefficient (Wildman–Crippen LogP) is 6.08. The third kappa shape index (κ3) is 7.30. The van der Waals surface area contributed by atoms with Crippen LogP contribution >= 0.6 is 0 Å². The Hall–Kier alpha value is -3.58. The van der Waals surface area contributed by atoms with E-state index in [2.05, 4.69) is 6.92 Å². The predicted molar refractivity (Wildman–Crippen MR) is 148 cm³/mol. The fraction of sp³-hybridized carbons (Fsp3) is 0.406. The molecule has 1 aliphatic heterocycles. The number of rotatable bonds is 13. The zero-order valence-electron chi connectivity index (χ0n) is 22.7. The molecule has 0 bridgehead atoms. The van der Waals surface area contributed by atoms with Gasteiger partial charge < -0.3 is 24.1 Å². The van der Waals surface area contributed by atoms with E-state index in [0.717, 1.165) is 58.6 Å². The second-order valence-electron chi connectivity index (χ2n) is 9.53. The standard InChI is InChI=1S/C32H37FO6/c1-3-6-27-29(15-9-23-10-16-30(39-31(23)27)32(35)36-4-2)38-20-5-19-37-28-14-11-24(21-25(28)17-18-34)22-7-12-26(33)13-8-22/h7-9,11-15,21,30,34H,3-6,10,16-20H2,1-2H3. The summed E-state index contributed by atoms with van der Waals surface area (Å²) in [6.07, 6.45) is 3.62. The number of hydrogen-bond donors (Lipinski definition) is 1. The van der Waals surface area contributed by atoms with Gasteiger partial charge in [-0.2, -0.15) is 0 Å². The highest BCUT2D eigenvalue weighted by molar-refractivity contribution is 5.76. The second-order valence-corrected chi connectivity index (χ2v) is 9.53. The highest BCUT2D eigenvalue weighted by Crippen LogP contribution is 2.38. The number of aliphatic hydroxyl groups excluding tert-OH is 1. The summed E-state index contributed by atoms with van der Waals surface area (Å²) in [5.41, 5.74) is 4.83. The van der Waals surface area contributed by atoms with Crippen LogP contribution in [0, 0.1) is 5.82 Å². The van der Waals surface area contributed by atoms with Crippen molar-refractivity contribution in [1.29, 1.82) is 0 Å². The lowest BCUT2D eigenvalue weighted by Gasteiger charge is -2.27. The van der Waals surface area contributed by atoms with Crippen molar-refractivity contribution >= 4 is 5.97 Å². The van der Waals surface area contributed by atoms with Gasteiger partial charge in [-0.15, -0.1) is 0 Å². The third-order valence-corrected chi connectivity index (χ3v) is 6.71. The van der Waals surface area contributed by atoms with Crippen LogP contribution in [-0.4, -0.2) is 43.6 Å². The summed E-state index contributed by atoms with van der Waals surface area (Å²) in [7, 11) is 0. The van der Waals surface area contributed by atoms with Crippen molar-refractivity contribution in [3.05, 3.63) is 77.1 Å². The van der Waals surface area contributed by atoms with Crippen molar-refractivity contribution in [2.45, 2.75) is 58.5 Å². The molecule has 0 saturated heterocycles. The molecule has 6 nitrogen and oxygen atoms in total. The number of ether oxygens (including phenoxy) is 4. The Balaban J connectivity index is 1.36. The van der Waals surface area contributed by atoms with Crippen molar-refractivity contribution in [1.82, 2.24) is 0 Å². The molecule has 39 heavy (non-hydrogen) atoms. The number of benzene rings is 3. The van der Waals surface area contributed by atoms with Gasteiger partial charge in [-0.05, 0) is 85.2 Å². The maximum absolute atomic E-state index is 13.3. The van der Waals surface area contributed by atoms with Crippen molar-refractivity contribution in [2.75, 3.05) is 26.4 Å². The number of carbonyl (C=O) groups is 1. The van der Waals surface area contributed by atoms with Gasteiger partial charge >= 0.3 is 5.97 Å². The first-order chi connectivity index (χ1) is 19.0. The first-order valence-electron chi connectivity index (χ1n) is 13.8. The number of aryl methyl sites for hydroxylation is 1. The molecule has 1 atom stereocenters. The molecule has 0 spiro atoms. The van der Waals surface area contributed by atoms with Crippen LogP contribution in [0.2, 0.25) is 0 Å². The Kier molecular flexibility index (Phi) is 10.2. The topological polar surface area (TPSA) is 74.2 Å². The summed E-state index contributed by atoms with van der Waals surface area (Å²) in [4.78, 5) is 12.3. The van der Waals surface area contributed by atoms with Gasteiger partial charge in [0.1, 0.15) is 23.1 Å². The van der Waals surface area contributed by atoms with E-state index in [1.807, 2.05) is 30.3 Å². The lowest BCUT2D eigenvalue weighted by molar-refractivity contribution is -0.152. The number of aliphatic hydroxyl groups is 1. The van der Waals surface area contributed by atoms with Gasteiger partial charge in [-0.1, -0.05) is 37.6 Å². The molecule has 1 N–H and O–H groups in total. The van der Waals surface area contributed by atoms with Crippen LogP contribution in [-0.2, 0) is 28.8 Å². The molecule has 1 heterocycles. The molecule has 4 rings (SSSR count). The van der Waals surface area contributed by atoms with E-state index in [0.29, 0.717) is 44.8 Å². The fourth-order valence-electron chi connectivity index (χ4n) is 4.79. The second kappa shape index (κ2) is 14.0. The SMILES string of the molecule is CCCc1c(OCCCOc2ccc(-c3ccc(F)cc3)cc2CCO)ccc2c1OC(C(=O)OCC)CC2. The van der Waals surface area contributed by atoms with E-state index >= 15 is 0 Å². The lowest BCUT2D eigenvalue weighted by atomic mass is 9.96. The number of hydrogen-bond acceptors (Lipinski definition) is 6. The highest BCUT2D eigenvalue weighted by Gasteiger charge is 2.30. The Morgan fingerprint density at radius 1 is 0.974 bits per heavy atom. The number of halogens is 1. The molecule has 208 valence electrons. The maximum Gasteiger partial charge on any atom is 0.347 e. The molecule has 1 unspecified atom stereocenters. The molecule has 0 radical (unpaired) electrons. The highest BCUT2D eigenvalue weighted by atomic mass is 19.1. The molecule has 1 aliphatic rings. The summed E-state index contributed by atoms with van der Waals surface area (Å²) in [5.74, 6) is 1.64. The summed E-state index contributed by atoms with van der Waals surface area (Å²) in [6, 6.07) is 16.2. The van der Waals surface area contributed by atoms with Gasteiger partial charge in [0.15, 0.2) is 6.10 Å². The first kappa shape index (κ1) is 28.4. The summed E-state index contributed by atoms with van der Waals surface area (Å²) in [6.45, 7) is 5.14. The summed E-state index contributed by atoms with van der Waals surface area (Å²) >= 11 is 0. The number of esters is 1. The minimum Gasteiger partial charge on any atom is -0.493 e. The molecular weight excluding hydrogens is 499 g/mol. The van der Waals surface area contributed by atoms with Crippen molar-refractivity contribution < 1.29 is 33.2 Å². The van der Waals surface area contributed by atoms with E-state index in [4.69, 9.17) is 18.9 Å². The van der Waals surface area contributed by atoms with Crippen LogP contribution in [0.5, 0.6) is 17.2 Å². The number of carbonyl (C=O) groups excluding carboxylic acids is 1.